The molecule has 1 aromatic rings. The highest BCUT2D eigenvalue weighted by Crippen LogP contribution is 2.45. The van der Waals surface area contributed by atoms with Crippen molar-refractivity contribution in [3.8, 4) is 0 Å². The molecule has 1 aromatic carbocycles. The Kier molecular flexibility index (Phi) is 9.83. The minimum Gasteiger partial charge on any atom is -0.444 e. The third kappa shape index (κ3) is 7.15. The van der Waals surface area contributed by atoms with Crippen molar-refractivity contribution in [3.05, 3.63) is 53.6 Å². The summed E-state index contributed by atoms with van der Waals surface area (Å²) in [5.41, 5.74) is 1.49. The maximum atomic E-state index is 14.6. The normalized spacial score (nSPS) is 29.9. The summed E-state index contributed by atoms with van der Waals surface area (Å²) in [5, 5.41) is 5.12. The van der Waals surface area contributed by atoms with Gasteiger partial charge in [0, 0.05) is 32.5 Å². The molecule has 52 heavy (non-hydrogen) atoms. The van der Waals surface area contributed by atoms with Crippen LogP contribution in [0.25, 0.3) is 6.08 Å². The number of sulfonamides is 1. The fraction of sp³-hybridized carbons (Fsp3) is 0.595. The first-order valence-corrected chi connectivity index (χ1v) is 20.0. The van der Waals surface area contributed by atoms with Crippen molar-refractivity contribution in [2.45, 2.75) is 106 Å². The molecule has 0 aromatic heterocycles. The van der Waals surface area contributed by atoms with Crippen LogP contribution in [0.2, 0.25) is 0 Å². The van der Waals surface area contributed by atoms with Gasteiger partial charge in [0.25, 0.3) is 5.91 Å². The monoisotopic (exact) mass is 736 g/mol. The van der Waals surface area contributed by atoms with Gasteiger partial charge in [0.15, 0.2) is 0 Å². The molecule has 3 aliphatic carbocycles. The molecule has 3 saturated carbocycles. The number of carbonyl (C=O) groups excluding carboxylic acids is 5. The summed E-state index contributed by atoms with van der Waals surface area (Å²) in [6.45, 7) is 4.86. The Morgan fingerprint density at radius 3 is 2.56 bits per heavy atom. The lowest BCUT2D eigenvalue weighted by Crippen LogP contribution is -2.59. The van der Waals surface area contributed by atoms with E-state index in [1.807, 2.05) is 24.3 Å². The summed E-state index contributed by atoms with van der Waals surface area (Å²) in [4.78, 5) is 74.0. The van der Waals surface area contributed by atoms with Crippen molar-refractivity contribution in [1.82, 2.24) is 30.1 Å². The van der Waals surface area contributed by atoms with Gasteiger partial charge in [-0.15, -0.1) is 6.58 Å². The molecule has 0 unspecified atom stereocenters. The van der Waals surface area contributed by atoms with Crippen LogP contribution in [0.3, 0.4) is 0 Å². The smallest absolute Gasteiger partial charge is 0.410 e. The highest BCUT2D eigenvalue weighted by molar-refractivity contribution is 7.91. The Hall–Kier alpha value is -4.40. The fourth-order valence-corrected chi connectivity index (χ4v) is 9.56. The number of allylic oxidation sites excluding steroid dienone is 1. The zero-order chi connectivity index (χ0) is 36.8. The number of urea groups is 1. The van der Waals surface area contributed by atoms with E-state index in [1.54, 1.807) is 16.8 Å². The Morgan fingerprint density at radius 2 is 1.85 bits per heavy atom. The van der Waals surface area contributed by atoms with Crippen LogP contribution in [0, 0.1) is 11.8 Å². The number of ether oxygens (including phenoxy) is 1. The van der Waals surface area contributed by atoms with Crippen LogP contribution in [0.4, 0.5) is 9.59 Å². The van der Waals surface area contributed by atoms with E-state index in [1.165, 1.54) is 11.0 Å². The lowest BCUT2D eigenvalue weighted by molar-refractivity contribution is -0.142. The number of benzene rings is 1. The second kappa shape index (κ2) is 14.2. The van der Waals surface area contributed by atoms with Gasteiger partial charge >= 0.3 is 12.1 Å². The number of amides is 6. The zero-order valence-electron chi connectivity index (χ0n) is 29.6. The first-order valence-electron chi connectivity index (χ1n) is 18.5. The average molecular weight is 737 g/mol. The fourth-order valence-electron chi connectivity index (χ4n) is 8.20. The Labute approximate surface area is 304 Å². The third-order valence-corrected chi connectivity index (χ3v) is 13.4. The molecule has 280 valence electrons. The van der Waals surface area contributed by atoms with Crippen molar-refractivity contribution in [2.75, 3.05) is 20.1 Å². The van der Waals surface area contributed by atoms with Gasteiger partial charge in [-0.05, 0) is 67.6 Å². The van der Waals surface area contributed by atoms with E-state index in [9.17, 15) is 32.4 Å². The summed E-state index contributed by atoms with van der Waals surface area (Å²) in [7, 11) is -2.20. The van der Waals surface area contributed by atoms with Gasteiger partial charge in [-0.1, -0.05) is 49.3 Å². The van der Waals surface area contributed by atoms with Crippen molar-refractivity contribution in [1.29, 1.82) is 0 Å². The van der Waals surface area contributed by atoms with Crippen LogP contribution in [0.15, 0.2) is 36.9 Å². The van der Waals surface area contributed by atoms with E-state index in [4.69, 9.17) is 4.74 Å². The number of hydrogen-bond donors (Lipinski definition) is 3. The third-order valence-electron chi connectivity index (χ3n) is 11.6. The zero-order valence-corrected chi connectivity index (χ0v) is 30.4. The molecule has 4 bridgehead atoms. The van der Waals surface area contributed by atoms with Crippen molar-refractivity contribution >= 4 is 45.9 Å². The van der Waals surface area contributed by atoms with Gasteiger partial charge in [-0.2, -0.15) is 0 Å². The Bertz CT molecular complexity index is 1790. The van der Waals surface area contributed by atoms with Crippen LogP contribution in [-0.4, -0.2) is 102 Å². The van der Waals surface area contributed by atoms with E-state index in [0.29, 0.717) is 38.9 Å². The summed E-state index contributed by atoms with van der Waals surface area (Å²) >= 11 is 0. The Balaban J connectivity index is 1.17. The minimum absolute atomic E-state index is 0.0415. The number of nitrogens with one attached hydrogen (secondary N) is 3. The van der Waals surface area contributed by atoms with Gasteiger partial charge < -0.3 is 25.2 Å². The van der Waals surface area contributed by atoms with Crippen LogP contribution in [0.1, 0.15) is 80.9 Å². The maximum Gasteiger partial charge on any atom is 0.410 e. The van der Waals surface area contributed by atoms with Crippen LogP contribution >= 0.6 is 0 Å². The lowest BCUT2D eigenvalue weighted by atomic mass is 9.96. The SMILES string of the molecule is C=C[C@@H]1C[C@]1(NC(=O)[C@@H]1C[C@@H]2CN1C(=O)[C@H](C1CCCC1)NC(=O)N(C)CCCC=Cc1cccc3c1CN(C3)C(=O)O2)C(=O)NS(=O)(=O)C1CC1. The first kappa shape index (κ1) is 36.0. The number of nitrogens with zero attached hydrogens (tertiary/aromatic N) is 3. The van der Waals surface area contributed by atoms with Crippen molar-refractivity contribution < 1.29 is 37.1 Å². The van der Waals surface area contributed by atoms with Crippen LogP contribution in [-0.2, 0) is 42.2 Å². The molecule has 14 nitrogen and oxygen atoms in total. The molecule has 3 heterocycles. The molecular weight excluding hydrogens is 689 g/mol. The van der Waals surface area contributed by atoms with Crippen molar-refractivity contribution in [2.24, 2.45) is 11.8 Å². The van der Waals surface area contributed by atoms with Crippen LogP contribution < -0.4 is 15.4 Å². The van der Waals surface area contributed by atoms with Gasteiger partial charge in [0.2, 0.25) is 21.8 Å². The molecule has 0 spiro atoms. The van der Waals surface area contributed by atoms with E-state index in [-0.39, 0.29) is 25.3 Å². The largest absolute Gasteiger partial charge is 0.444 e. The molecule has 5 atom stereocenters. The summed E-state index contributed by atoms with van der Waals surface area (Å²) in [6.07, 6.45) is 9.90. The lowest BCUT2D eigenvalue weighted by Gasteiger charge is -2.33. The average Bonchev–Trinajstić information content (AvgIpc) is 3.90. The van der Waals surface area contributed by atoms with Gasteiger partial charge in [0.05, 0.1) is 18.3 Å². The predicted octanol–water partition coefficient (Wildman–Crippen LogP) is 2.78. The summed E-state index contributed by atoms with van der Waals surface area (Å²) in [6, 6.07) is 3.47. The van der Waals surface area contributed by atoms with E-state index in [2.05, 4.69) is 28.0 Å². The molecule has 1 saturated heterocycles. The number of rotatable bonds is 7. The number of carbonyl (C=O) groups is 5. The predicted molar refractivity (Wildman–Crippen MR) is 191 cm³/mol. The quantitative estimate of drug-likeness (QED) is 0.359. The number of hydrogen-bond acceptors (Lipinski definition) is 8. The topological polar surface area (TPSA) is 175 Å². The van der Waals surface area contributed by atoms with Crippen molar-refractivity contribution in [3.63, 3.8) is 0 Å². The molecule has 6 amide bonds. The number of fused-ring (bicyclic) bond motifs is 3. The first-order chi connectivity index (χ1) is 24.9. The maximum absolute atomic E-state index is 14.6. The second-order valence-corrected chi connectivity index (χ2v) is 17.2. The van der Waals surface area contributed by atoms with Gasteiger partial charge in [0.1, 0.15) is 23.7 Å². The van der Waals surface area contributed by atoms with Gasteiger partial charge in [-0.3, -0.25) is 24.0 Å². The molecule has 7 rings (SSSR count). The minimum atomic E-state index is -3.89. The highest BCUT2D eigenvalue weighted by Gasteiger charge is 2.62. The summed E-state index contributed by atoms with van der Waals surface area (Å²) < 4.78 is 33.5. The summed E-state index contributed by atoms with van der Waals surface area (Å²) in [5.74, 6) is -2.64. The van der Waals surface area contributed by atoms with E-state index < -0.39 is 74.8 Å². The van der Waals surface area contributed by atoms with E-state index in [0.717, 1.165) is 48.8 Å². The molecule has 0 radical (unpaired) electrons. The molecule has 6 aliphatic rings. The second-order valence-electron chi connectivity index (χ2n) is 15.2. The highest BCUT2D eigenvalue weighted by atomic mass is 32.2. The molecular formula is C37H48N6O8S. The van der Waals surface area contributed by atoms with Crippen LogP contribution in [0.5, 0.6) is 0 Å². The molecule has 4 fully saturated rings. The van der Waals surface area contributed by atoms with E-state index >= 15 is 0 Å². The van der Waals surface area contributed by atoms with Gasteiger partial charge in [-0.25, -0.2) is 18.0 Å². The standard InChI is InChI=1S/C37H48N6O8S/c1-3-26-19-37(26,34(46)40-52(49,50)28-15-16-28)39-32(44)30-18-27-21-43(30)33(45)31(24-11-6-7-12-24)38-35(47)41(2)17-8-4-5-10-23-13-9-14-25-20-42(22-29(23)25)36(48)51-27/h3,5,9-10,13-14,24,26-28,30-31H,1,4,6-8,11-12,15-22H2,2H3,(H,38,47)(H,39,44)(H,40,46)/t26-,27-,30+,31+,37-/m1/s1. The molecule has 3 N–H and O–H groups in total. The molecule has 15 heteroatoms. The Morgan fingerprint density at radius 1 is 1.08 bits per heavy atom. The molecule has 3 aliphatic heterocycles.